The molecular formula is C22H23F2N5O2S. The van der Waals surface area contributed by atoms with E-state index in [-0.39, 0.29) is 34.5 Å². The summed E-state index contributed by atoms with van der Waals surface area (Å²) in [7, 11) is 0. The fourth-order valence-corrected chi connectivity index (χ4v) is 5.86. The number of carboxylic acid groups (broad SMARTS) is 1. The van der Waals surface area contributed by atoms with Crippen LogP contribution in [-0.4, -0.2) is 42.8 Å². The van der Waals surface area contributed by atoms with Crippen LogP contribution in [0, 0.1) is 29.4 Å². The number of hydrogen-bond donors (Lipinski definition) is 3. The molecule has 3 saturated carbocycles. The van der Waals surface area contributed by atoms with E-state index >= 15 is 4.39 Å². The van der Waals surface area contributed by atoms with Crippen molar-refractivity contribution in [2.75, 3.05) is 11.1 Å². The fraction of sp³-hybridized carbons (Fsp3) is 0.455. The second-order valence-corrected chi connectivity index (χ2v) is 9.66. The number of halogens is 2. The molecule has 3 heterocycles. The Kier molecular flexibility index (Phi) is 5.48. The van der Waals surface area contributed by atoms with Gasteiger partial charge in [-0.3, -0.25) is 4.79 Å². The minimum Gasteiger partial charge on any atom is -0.481 e. The van der Waals surface area contributed by atoms with Gasteiger partial charge in [0.05, 0.1) is 12.1 Å². The minimum absolute atomic E-state index is 0.00605. The van der Waals surface area contributed by atoms with E-state index in [1.807, 2.05) is 6.92 Å². The molecule has 0 aliphatic heterocycles. The largest absolute Gasteiger partial charge is 0.481 e. The van der Waals surface area contributed by atoms with Crippen molar-refractivity contribution in [3.8, 4) is 11.4 Å². The standard InChI is InChI=1S/C22H23F2N5O2S/c1-2-32-21-16(24)20(27-17-11-5-3-10(4-6-11)15(17)22(30)31)28-19(29-21)14-9-26-18-13(14)7-12(23)8-25-18/h7-11,15,17H,2-6H2,1H3,(H,25,26)(H,30,31)(H,27,28,29)/t10?,11?,15-,17-/m0/s1. The first-order valence-corrected chi connectivity index (χ1v) is 11.8. The van der Waals surface area contributed by atoms with Gasteiger partial charge in [-0.15, -0.1) is 11.8 Å². The summed E-state index contributed by atoms with van der Waals surface area (Å²) in [6, 6.07) is 0.945. The van der Waals surface area contributed by atoms with Crippen LogP contribution in [0.5, 0.6) is 0 Å². The first kappa shape index (κ1) is 21.1. The van der Waals surface area contributed by atoms with E-state index in [1.165, 1.54) is 17.8 Å². The van der Waals surface area contributed by atoms with E-state index in [2.05, 4.69) is 25.3 Å². The van der Waals surface area contributed by atoms with Gasteiger partial charge in [-0.1, -0.05) is 6.92 Å². The van der Waals surface area contributed by atoms with Gasteiger partial charge in [0, 0.05) is 23.2 Å². The van der Waals surface area contributed by atoms with Gasteiger partial charge in [-0.05, 0) is 49.3 Å². The Bertz CT molecular complexity index is 1180. The van der Waals surface area contributed by atoms with Crippen molar-refractivity contribution in [3.05, 3.63) is 30.1 Å². The van der Waals surface area contributed by atoms with Crippen LogP contribution in [0.1, 0.15) is 32.6 Å². The van der Waals surface area contributed by atoms with Crippen molar-refractivity contribution in [1.82, 2.24) is 19.9 Å². The summed E-state index contributed by atoms with van der Waals surface area (Å²) >= 11 is 1.24. The molecule has 0 aromatic carbocycles. The summed E-state index contributed by atoms with van der Waals surface area (Å²) in [6.45, 7) is 1.89. The monoisotopic (exact) mass is 459 g/mol. The van der Waals surface area contributed by atoms with Crippen molar-refractivity contribution in [2.24, 2.45) is 17.8 Å². The molecule has 3 aromatic heterocycles. The smallest absolute Gasteiger partial charge is 0.308 e. The number of rotatable bonds is 6. The molecule has 32 heavy (non-hydrogen) atoms. The van der Waals surface area contributed by atoms with E-state index in [9.17, 15) is 14.3 Å². The maximum atomic E-state index is 15.3. The summed E-state index contributed by atoms with van der Waals surface area (Å²) in [4.78, 5) is 27.8. The molecule has 3 fully saturated rings. The number of aliphatic carboxylic acids is 1. The van der Waals surface area contributed by atoms with E-state index in [0.29, 0.717) is 22.3 Å². The molecule has 7 nitrogen and oxygen atoms in total. The van der Waals surface area contributed by atoms with Gasteiger partial charge in [0.25, 0.3) is 0 Å². The van der Waals surface area contributed by atoms with Crippen molar-refractivity contribution in [1.29, 1.82) is 0 Å². The van der Waals surface area contributed by atoms with Gasteiger partial charge >= 0.3 is 5.97 Å². The number of carboxylic acids is 1. The van der Waals surface area contributed by atoms with Gasteiger partial charge in [-0.2, -0.15) is 4.39 Å². The molecule has 2 atom stereocenters. The van der Waals surface area contributed by atoms with Gasteiger partial charge in [0.2, 0.25) is 0 Å². The third-order valence-electron chi connectivity index (χ3n) is 6.65. The number of fused-ring (bicyclic) bond motifs is 4. The number of nitrogens with zero attached hydrogens (tertiary/aromatic N) is 3. The molecular weight excluding hydrogens is 436 g/mol. The number of thioether (sulfide) groups is 1. The molecule has 0 saturated heterocycles. The van der Waals surface area contributed by atoms with E-state index in [4.69, 9.17) is 0 Å². The number of carbonyl (C=O) groups is 1. The summed E-state index contributed by atoms with van der Waals surface area (Å²) < 4.78 is 29.2. The molecule has 2 bridgehead atoms. The average molecular weight is 460 g/mol. The van der Waals surface area contributed by atoms with Crippen molar-refractivity contribution in [2.45, 2.75) is 43.7 Å². The predicted octanol–water partition coefficient (Wildman–Crippen LogP) is 4.71. The molecule has 10 heteroatoms. The van der Waals surface area contributed by atoms with Crippen LogP contribution >= 0.6 is 11.8 Å². The topological polar surface area (TPSA) is 104 Å². The van der Waals surface area contributed by atoms with E-state index in [0.717, 1.165) is 31.9 Å². The van der Waals surface area contributed by atoms with Crippen molar-refractivity contribution < 1.29 is 18.7 Å². The zero-order chi connectivity index (χ0) is 22.4. The van der Waals surface area contributed by atoms with Crippen LogP contribution in [-0.2, 0) is 4.79 Å². The lowest BCUT2D eigenvalue weighted by Crippen LogP contribution is -2.51. The van der Waals surface area contributed by atoms with Gasteiger partial charge in [0.15, 0.2) is 17.5 Å². The first-order valence-electron chi connectivity index (χ1n) is 10.8. The van der Waals surface area contributed by atoms with Crippen molar-refractivity contribution in [3.63, 3.8) is 0 Å². The number of anilines is 1. The van der Waals surface area contributed by atoms with Crippen LogP contribution in [0.4, 0.5) is 14.6 Å². The normalized spacial score (nSPS) is 24.7. The Morgan fingerprint density at radius 1 is 1.25 bits per heavy atom. The minimum atomic E-state index is -0.854. The highest BCUT2D eigenvalue weighted by Crippen LogP contribution is 2.46. The van der Waals surface area contributed by atoms with Gasteiger partial charge in [0.1, 0.15) is 16.5 Å². The lowest BCUT2D eigenvalue weighted by molar-refractivity contribution is -0.148. The van der Waals surface area contributed by atoms with Crippen LogP contribution in [0.15, 0.2) is 23.5 Å². The second kappa shape index (κ2) is 8.31. The lowest BCUT2D eigenvalue weighted by atomic mass is 9.61. The third kappa shape index (κ3) is 3.60. The molecule has 0 spiro atoms. The molecule has 0 amide bonds. The predicted molar refractivity (Wildman–Crippen MR) is 117 cm³/mol. The summed E-state index contributed by atoms with van der Waals surface area (Å²) in [6.07, 6.45) is 6.37. The Hall–Kier alpha value is -2.75. The van der Waals surface area contributed by atoms with Crippen molar-refractivity contribution >= 4 is 34.6 Å². The van der Waals surface area contributed by atoms with Gasteiger partial charge in [-0.25, -0.2) is 19.3 Å². The summed E-state index contributed by atoms with van der Waals surface area (Å²) in [5, 5.41) is 13.7. The molecule has 3 aliphatic carbocycles. The summed E-state index contributed by atoms with van der Waals surface area (Å²) in [5.74, 6) is -1.44. The number of aromatic amines is 1. The van der Waals surface area contributed by atoms with Crippen LogP contribution in [0.2, 0.25) is 0 Å². The Balaban J connectivity index is 1.58. The molecule has 3 aliphatic rings. The quantitative estimate of drug-likeness (QED) is 0.362. The number of pyridine rings is 1. The Morgan fingerprint density at radius 3 is 2.72 bits per heavy atom. The third-order valence-corrected chi connectivity index (χ3v) is 7.48. The number of aromatic nitrogens is 4. The molecule has 0 unspecified atom stereocenters. The number of hydrogen-bond acceptors (Lipinski definition) is 6. The first-order chi connectivity index (χ1) is 15.5. The highest BCUT2D eigenvalue weighted by Gasteiger charge is 2.47. The SMILES string of the molecule is CCSc1nc(-c2c[nH]c3ncc(F)cc23)nc(N[C@H]2C3CCC(CC3)[C@@H]2C(=O)O)c1F. The molecule has 0 radical (unpaired) electrons. The molecule has 168 valence electrons. The second-order valence-electron chi connectivity index (χ2n) is 8.41. The lowest BCUT2D eigenvalue weighted by Gasteiger charge is -2.47. The highest BCUT2D eigenvalue weighted by atomic mass is 32.2. The Morgan fingerprint density at radius 2 is 2.00 bits per heavy atom. The molecule has 3 N–H and O–H groups in total. The van der Waals surface area contributed by atoms with Crippen LogP contribution in [0.3, 0.4) is 0 Å². The van der Waals surface area contributed by atoms with E-state index in [1.54, 1.807) is 6.20 Å². The maximum absolute atomic E-state index is 15.3. The van der Waals surface area contributed by atoms with Crippen LogP contribution < -0.4 is 5.32 Å². The molecule has 6 rings (SSSR count). The zero-order valence-corrected chi connectivity index (χ0v) is 18.3. The number of H-pyrrole nitrogens is 1. The van der Waals surface area contributed by atoms with Gasteiger partial charge < -0.3 is 15.4 Å². The van der Waals surface area contributed by atoms with Crippen LogP contribution in [0.25, 0.3) is 22.4 Å². The average Bonchev–Trinajstić information content (AvgIpc) is 3.20. The molecule has 3 aromatic rings. The number of nitrogens with one attached hydrogen (secondary N) is 2. The maximum Gasteiger partial charge on any atom is 0.308 e. The summed E-state index contributed by atoms with van der Waals surface area (Å²) in [5.41, 5.74) is 0.983. The fourth-order valence-electron chi connectivity index (χ4n) is 5.21. The zero-order valence-electron chi connectivity index (χ0n) is 17.4. The Labute approximate surface area is 187 Å². The van der Waals surface area contributed by atoms with E-state index < -0.39 is 23.5 Å². The highest BCUT2D eigenvalue weighted by molar-refractivity contribution is 7.99.